The molecule has 2 aromatic carbocycles. The normalized spacial score (nSPS) is 12.6. The first kappa shape index (κ1) is 16.6. The lowest BCUT2D eigenvalue weighted by Gasteiger charge is -2.19. The summed E-state index contributed by atoms with van der Waals surface area (Å²) in [6.07, 6.45) is 1.98. The van der Waals surface area contributed by atoms with E-state index in [1.54, 1.807) is 24.3 Å². The lowest BCUT2D eigenvalue weighted by molar-refractivity contribution is 0.592. The fourth-order valence-corrected chi connectivity index (χ4v) is 4.16. The Hall–Kier alpha value is -3.29. The first-order chi connectivity index (χ1) is 12.1. The Labute approximate surface area is 146 Å². The van der Waals surface area contributed by atoms with E-state index in [2.05, 4.69) is 5.32 Å². The van der Waals surface area contributed by atoms with E-state index in [0.29, 0.717) is 18.7 Å². The Balaban J connectivity index is 1.84. The molecule has 3 rings (SSSR count). The SMILES string of the molecule is N#CC(C#N)=CNc1ccc(S(=O)(=O)N2CCc3ccccc32)cc1. The highest BCUT2D eigenvalue weighted by molar-refractivity contribution is 7.92. The predicted molar refractivity (Wildman–Crippen MR) is 94.1 cm³/mol. The van der Waals surface area contributed by atoms with Gasteiger partial charge in [0, 0.05) is 18.4 Å². The highest BCUT2D eigenvalue weighted by Crippen LogP contribution is 2.32. The van der Waals surface area contributed by atoms with Crippen LogP contribution in [0.3, 0.4) is 0 Å². The van der Waals surface area contributed by atoms with Crippen molar-refractivity contribution in [3.05, 3.63) is 65.9 Å². The molecule has 0 unspecified atom stereocenters. The average molecular weight is 350 g/mol. The van der Waals surface area contributed by atoms with E-state index in [-0.39, 0.29) is 10.5 Å². The van der Waals surface area contributed by atoms with Gasteiger partial charge in [-0.2, -0.15) is 10.5 Å². The zero-order valence-corrected chi connectivity index (χ0v) is 14.0. The van der Waals surface area contributed by atoms with Crippen molar-refractivity contribution in [1.29, 1.82) is 10.5 Å². The third-order valence-electron chi connectivity index (χ3n) is 3.91. The minimum absolute atomic E-state index is 0.0645. The highest BCUT2D eigenvalue weighted by Gasteiger charge is 2.30. The molecule has 0 spiro atoms. The molecule has 0 radical (unpaired) electrons. The van der Waals surface area contributed by atoms with Crippen molar-refractivity contribution >= 4 is 21.4 Å². The van der Waals surface area contributed by atoms with Crippen LogP contribution in [0.25, 0.3) is 0 Å². The Morgan fingerprint density at radius 3 is 2.44 bits per heavy atom. The quantitative estimate of drug-likeness (QED) is 0.855. The van der Waals surface area contributed by atoms with Gasteiger partial charge < -0.3 is 5.32 Å². The van der Waals surface area contributed by atoms with E-state index < -0.39 is 10.0 Å². The van der Waals surface area contributed by atoms with Gasteiger partial charge in [0.15, 0.2) is 0 Å². The van der Waals surface area contributed by atoms with Crippen molar-refractivity contribution in [3.63, 3.8) is 0 Å². The second-order valence-corrected chi connectivity index (χ2v) is 7.27. The number of anilines is 2. The van der Waals surface area contributed by atoms with Crippen LogP contribution in [-0.2, 0) is 16.4 Å². The van der Waals surface area contributed by atoms with Gasteiger partial charge in [0.05, 0.1) is 10.6 Å². The van der Waals surface area contributed by atoms with Crippen LogP contribution in [0.15, 0.2) is 65.2 Å². The molecule has 0 amide bonds. The van der Waals surface area contributed by atoms with Crippen LogP contribution in [0.1, 0.15) is 5.56 Å². The van der Waals surface area contributed by atoms with E-state index in [9.17, 15) is 8.42 Å². The highest BCUT2D eigenvalue weighted by atomic mass is 32.2. The van der Waals surface area contributed by atoms with Crippen molar-refractivity contribution in [2.75, 3.05) is 16.2 Å². The van der Waals surface area contributed by atoms with Gasteiger partial charge in [-0.3, -0.25) is 4.31 Å². The Morgan fingerprint density at radius 2 is 1.76 bits per heavy atom. The number of benzene rings is 2. The maximum Gasteiger partial charge on any atom is 0.264 e. The zero-order chi connectivity index (χ0) is 17.9. The Morgan fingerprint density at radius 1 is 1.08 bits per heavy atom. The number of fused-ring (bicyclic) bond motifs is 1. The van der Waals surface area contributed by atoms with Crippen molar-refractivity contribution in [2.45, 2.75) is 11.3 Å². The second-order valence-electron chi connectivity index (χ2n) is 5.41. The van der Waals surface area contributed by atoms with Gasteiger partial charge in [-0.1, -0.05) is 18.2 Å². The molecule has 0 aliphatic carbocycles. The summed E-state index contributed by atoms with van der Waals surface area (Å²) in [6, 6.07) is 17.2. The lowest BCUT2D eigenvalue weighted by atomic mass is 10.2. The van der Waals surface area contributed by atoms with E-state index in [1.807, 2.05) is 24.3 Å². The van der Waals surface area contributed by atoms with Gasteiger partial charge >= 0.3 is 0 Å². The number of para-hydroxylation sites is 1. The molecular formula is C18H14N4O2S. The zero-order valence-electron chi connectivity index (χ0n) is 13.2. The van der Waals surface area contributed by atoms with Gasteiger partial charge in [-0.15, -0.1) is 0 Å². The second kappa shape index (κ2) is 6.68. The van der Waals surface area contributed by atoms with Gasteiger partial charge in [0.1, 0.15) is 17.7 Å². The molecule has 1 heterocycles. The van der Waals surface area contributed by atoms with Crippen LogP contribution in [0.5, 0.6) is 0 Å². The largest absolute Gasteiger partial charge is 0.360 e. The van der Waals surface area contributed by atoms with Crippen LogP contribution in [0.2, 0.25) is 0 Å². The van der Waals surface area contributed by atoms with Crippen molar-refractivity contribution in [1.82, 2.24) is 0 Å². The minimum atomic E-state index is -3.62. The molecule has 1 aliphatic rings. The van der Waals surface area contributed by atoms with Crippen molar-refractivity contribution < 1.29 is 8.42 Å². The number of hydrogen-bond donors (Lipinski definition) is 1. The lowest BCUT2D eigenvalue weighted by Crippen LogP contribution is -2.29. The molecule has 0 fully saturated rings. The molecule has 1 N–H and O–H groups in total. The number of nitriles is 2. The van der Waals surface area contributed by atoms with Crippen molar-refractivity contribution in [3.8, 4) is 12.1 Å². The Kier molecular flexibility index (Phi) is 4.42. The van der Waals surface area contributed by atoms with Gasteiger partial charge in [-0.25, -0.2) is 8.42 Å². The van der Waals surface area contributed by atoms with E-state index in [1.165, 1.54) is 22.6 Å². The van der Waals surface area contributed by atoms with Gasteiger partial charge in [0.2, 0.25) is 0 Å². The third kappa shape index (κ3) is 3.18. The summed E-state index contributed by atoms with van der Waals surface area (Å²) in [5.74, 6) is 0. The molecule has 25 heavy (non-hydrogen) atoms. The monoisotopic (exact) mass is 350 g/mol. The van der Waals surface area contributed by atoms with Crippen LogP contribution in [0.4, 0.5) is 11.4 Å². The average Bonchev–Trinajstić information content (AvgIpc) is 3.08. The van der Waals surface area contributed by atoms with Gasteiger partial charge in [0.25, 0.3) is 10.0 Å². The molecule has 1 aliphatic heterocycles. The third-order valence-corrected chi connectivity index (χ3v) is 5.74. The molecule has 7 heteroatoms. The van der Waals surface area contributed by atoms with Crippen LogP contribution >= 0.6 is 0 Å². The van der Waals surface area contributed by atoms with E-state index >= 15 is 0 Å². The molecule has 6 nitrogen and oxygen atoms in total. The fraction of sp³-hybridized carbons (Fsp3) is 0.111. The van der Waals surface area contributed by atoms with Crippen LogP contribution in [-0.4, -0.2) is 15.0 Å². The summed E-state index contributed by atoms with van der Waals surface area (Å²) in [6.45, 7) is 0.429. The standard InChI is InChI=1S/C18H14N4O2S/c19-11-14(12-20)13-21-16-5-7-17(8-6-16)25(23,24)22-10-9-15-3-1-2-4-18(15)22/h1-8,13,21H,9-10H2. The summed E-state index contributed by atoms with van der Waals surface area (Å²) < 4.78 is 27.2. The van der Waals surface area contributed by atoms with Crippen LogP contribution < -0.4 is 9.62 Å². The fourth-order valence-electron chi connectivity index (χ4n) is 2.65. The van der Waals surface area contributed by atoms with E-state index in [4.69, 9.17) is 10.5 Å². The smallest absolute Gasteiger partial charge is 0.264 e. The topological polar surface area (TPSA) is 97.0 Å². The molecule has 0 bridgehead atoms. The Bertz CT molecular complexity index is 996. The predicted octanol–water partition coefficient (Wildman–Crippen LogP) is 2.78. The number of rotatable bonds is 4. The number of hydrogen-bond acceptors (Lipinski definition) is 5. The molecule has 0 saturated carbocycles. The summed E-state index contributed by atoms with van der Waals surface area (Å²) in [5.41, 5.74) is 2.27. The molecule has 124 valence electrons. The number of sulfonamides is 1. The first-order valence-electron chi connectivity index (χ1n) is 7.54. The van der Waals surface area contributed by atoms with Crippen LogP contribution in [0, 0.1) is 22.7 Å². The number of nitrogens with one attached hydrogen (secondary N) is 1. The maximum atomic E-state index is 12.9. The molecular weight excluding hydrogens is 336 g/mol. The first-order valence-corrected chi connectivity index (χ1v) is 8.98. The summed E-state index contributed by atoms with van der Waals surface area (Å²) in [4.78, 5) is 0.194. The summed E-state index contributed by atoms with van der Waals surface area (Å²) in [5, 5.41) is 20.2. The van der Waals surface area contributed by atoms with E-state index in [0.717, 1.165) is 11.3 Å². The van der Waals surface area contributed by atoms with Gasteiger partial charge in [-0.05, 0) is 42.3 Å². The molecule has 0 aromatic heterocycles. The summed E-state index contributed by atoms with van der Waals surface area (Å²) in [7, 11) is -3.62. The molecule has 0 atom stereocenters. The minimum Gasteiger partial charge on any atom is -0.360 e. The molecule has 0 saturated heterocycles. The number of allylic oxidation sites excluding steroid dienone is 1. The van der Waals surface area contributed by atoms with Crippen molar-refractivity contribution in [2.24, 2.45) is 0 Å². The number of nitrogens with zero attached hydrogens (tertiary/aromatic N) is 3. The molecule has 2 aromatic rings. The maximum absolute atomic E-state index is 12.9. The summed E-state index contributed by atoms with van der Waals surface area (Å²) >= 11 is 0.